The minimum absolute atomic E-state index is 0.153. The lowest BCUT2D eigenvalue weighted by atomic mass is 9.82. The maximum Gasteiger partial charge on any atom is 0.267 e. The minimum atomic E-state index is -1.12. The maximum atomic E-state index is 13.7. The summed E-state index contributed by atoms with van der Waals surface area (Å²) in [5, 5.41) is 10.9. The Balaban J connectivity index is 1.29. The Morgan fingerprint density at radius 2 is 1.97 bits per heavy atom. The van der Waals surface area contributed by atoms with E-state index in [0.29, 0.717) is 24.0 Å². The van der Waals surface area contributed by atoms with Gasteiger partial charge in [-0.2, -0.15) is 0 Å². The van der Waals surface area contributed by atoms with Crippen LogP contribution in [-0.4, -0.2) is 32.6 Å². The number of carbonyl (C=O) groups is 1. The van der Waals surface area contributed by atoms with Crippen LogP contribution in [0.5, 0.6) is 0 Å². The van der Waals surface area contributed by atoms with Gasteiger partial charge in [-0.25, -0.2) is 13.8 Å². The molecule has 1 N–H and O–H groups in total. The molecule has 1 saturated carbocycles. The molecule has 1 amide bonds. The van der Waals surface area contributed by atoms with Gasteiger partial charge in [-0.05, 0) is 43.7 Å². The van der Waals surface area contributed by atoms with Gasteiger partial charge in [0.1, 0.15) is 5.69 Å². The van der Waals surface area contributed by atoms with Crippen LogP contribution in [0.1, 0.15) is 47.8 Å². The summed E-state index contributed by atoms with van der Waals surface area (Å²) in [4.78, 5) is 20.3. The molecule has 1 fully saturated rings. The summed E-state index contributed by atoms with van der Waals surface area (Å²) in [5.41, 5.74) is 0.258. The third-order valence-electron chi connectivity index (χ3n) is 5.17. The van der Waals surface area contributed by atoms with E-state index in [1.54, 1.807) is 18.6 Å². The lowest BCUT2D eigenvalue weighted by Gasteiger charge is -2.26. The number of nitrogens with one attached hydrogen (secondary N) is 1. The lowest BCUT2D eigenvalue weighted by molar-refractivity contribution is 0.0937. The molecule has 1 aliphatic rings. The summed E-state index contributed by atoms with van der Waals surface area (Å²) in [5.74, 6) is -1.42. The van der Waals surface area contributed by atoms with Crippen molar-refractivity contribution in [3.05, 3.63) is 59.9 Å². The number of halogens is 2. The van der Waals surface area contributed by atoms with Crippen LogP contribution in [0, 0.1) is 17.6 Å². The highest BCUT2D eigenvalue weighted by atomic mass is 19.2. The standard InChI is InChI=1S/C20H19F2N5O2/c21-15-3-1-2-14(17(15)22)18(28)25-10-12-4-6-13(7-5-12)19-26-27-20(29-19)16-11-23-8-9-24-16/h1-3,8-9,11-13H,4-7,10H2,(H,25,28). The highest BCUT2D eigenvalue weighted by Gasteiger charge is 2.27. The van der Waals surface area contributed by atoms with E-state index in [4.69, 9.17) is 4.42 Å². The van der Waals surface area contributed by atoms with Gasteiger partial charge in [0.15, 0.2) is 11.6 Å². The molecule has 0 saturated heterocycles. The van der Waals surface area contributed by atoms with E-state index in [1.165, 1.54) is 12.1 Å². The Morgan fingerprint density at radius 1 is 1.14 bits per heavy atom. The summed E-state index contributed by atoms with van der Waals surface area (Å²) in [6.07, 6.45) is 8.11. The number of hydrogen-bond donors (Lipinski definition) is 1. The van der Waals surface area contributed by atoms with Crippen molar-refractivity contribution < 1.29 is 18.0 Å². The normalized spacial score (nSPS) is 19.1. The zero-order valence-corrected chi connectivity index (χ0v) is 15.5. The molecule has 0 aliphatic heterocycles. The number of hydrogen-bond acceptors (Lipinski definition) is 6. The van der Waals surface area contributed by atoms with Crippen molar-refractivity contribution in [1.82, 2.24) is 25.5 Å². The van der Waals surface area contributed by atoms with E-state index in [1.807, 2.05) is 0 Å². The van der Waals surface area contributed by atoms with Gasteiger partial charge in [0.2, 0.25) is 5.89 Å². The quantitative estimate of drug-likeness (QED) is 0.706. The lowest BCUT2D eigenvalue weighted by Crippen LogP contribution is -2.31. The van der Waals surface area contributed by atoms with Gasteiger partial charge < -0.3 is 9.73 Å². The third kappa shape index (κ3) is 4.28. The Hall–Kier alpha value is -3.23. The van der Waals surface area contributed by atoms with Crippen molar-refractivity contribution in [3.63, 3.8) is 0 Å². The molecule has 7 nitrogen and oxygen atoms in total. The fraction of sp³-hybridized carbons (Fsp3) is 0.350. The first-order chi connectivity index (χ1) is 14.1. The first-order valence-corrected chi connectivity index (χ1v) is 9.44. The molecule has 1 aromatic carbocycles. The minimum Gasteiger partial charge on any atom is -0.419 e. The monoisotopic (exact) mass is 399 g/mol. The second-order valence-corrected chi connectivity index (χ2v) is 7.07. The highest BCUT2D eigenvalue weighted by molar-refractivity contribution is 5.94. The number of aromatic nitrogens is 4. The molecule has 0 radical (unpaired) electrons. The van der Waals surface area contributed by atoms with E-state index < -0.39 is 17.5 Å². The molecule has 0 unspecified atom stereocenters. The predicted molar refractivity (Wildman–Crippen MR) is 98.7 cm³/mol. The van der Waals surface area contributed by atoms with Gasteiger partial charge in [-0.3, -0.25) is 9.78 Å². The van der Waals surface area contributed by atoms with Crippen molar-refractivity contribution in [1.29, 1.82) is 0 Å². The molecule has 0 spiro atoms. The van der Waals surface area contributed by atoms with Crippen LogP contribution < -0.4 is 5.32 Å². The summed E-state index contributed by atoms with van der Waals surface area (Å²) in [7, 11) is 0. The summed E-state index contributed by atoms with van der Waals surface area (Å²) < 4.78 is 32.7. The van der Waals surface area contributed by atoms with Crippen LogP contribution >= 0.6 is 0 Å². The fourth-order valence-electron chi connectivity index (χ4n) is 3.54. The molecule has 0 bridgehead atoms. The molecule has 1 aliphatic carbocycles. The van der Waals surface area contributed by atoms with Crippen molar-refractivity contribution in [3.8, 4) is 11.6 Å². The van der Waals surface area contributed by atoms with Crippen LogP contribution in [0.25, 0.3) is 11.6 Å². The van der Waals surface area contributed by atoms with E-state index in [9.17, 15) is 13.6 Å². The zero-order chi connectivity index (χ0) is 20.2. The summed E-state index contributed by atoms with van der Waals surface area (Å²) in [6.45, 7) is 0.413. The first kappa shape index (κ1) is 19.1. The van der Waals surface area contributed by atoms with Gasteiger partial charge in [-0.15, -0.1) is 10.2 Å². The SMILES string of the molecule is O=C(NCC1CCC(c2nnc(-c3cnccn3)o2)CC1)c1cccc(F)c1F. The van der Waals surface area contributed by atoms with E-state index in [-0.39, 0.29) is 17.4 Å². The van der Waals surface area contributed by atoms with Crippen LogP contribution in [0.2, 0.25) is 0 Å². The van der Waals surface area contributed by atoms with Crippen molar-refractivity contribution >= 4 is 5.91 Å². The van der Waals surface area contributed by atoms with Gasteiger partial charge in [0, 0.05) is 24.9 Å². The van der Waals surface area contributed by atoms with Gasteiger partial charge in [-0.1, -0.05) is 6.07 Å². The van der Waals surface area contributed by atoms with Crippen LogP contribution in [0.3, 0.4) is 0 Å². The van der Waals surface area contributed by atoms with Gasteiger partial charge in [0.05, 0.1) is 11.8 Å². The topological polar surface area (TPSA) is 93.8 Å². The van der Waals surface area contributed by atoms with E-state index in [0.717, 1.165) is 31.7 Å². The Bertz CT molecular complexity index is 988. The summed E-state index contributed by atoms with van der Waals surface area (Å²) in [6, 6.07) is 3.58. The molecule has 2 aromatic heterocycles. The molecule has 3 aromatic rings. The van der Waals surface area contributed by atoms with E-state index in [2.05, 4.69) is 25.5 Å². The summed E-state index contributed by atoms with van der Waals surface area (Å²) >= 11 is 0. The largest absolute Gasteiger partial charge is 0.419 e. The molecular weight excluding hydrogens is 380 g/mol. The number of nitrogens with zero attached hydrogens (tertiary/aromatic N) is 4. The maximum absolute atomic E-state index is 13.7. The molecule has 0 atom stereocenters. The molecular formula is C20H19F2N5O2. The van der Waals surface area contributed by atoms with Crippen molar-refractivity contribution in [2.45, 2.75) is 31.6 Å². The Labute approximate surface area is 165 Å². The van der Waals surface area contributed by atoms with Crippen LogP contribution in [0.4, 0.5) is 8.78 Å². The van der Waals surface area contributed by atoms with Crippen molar-refractivity contribution in [2.24, 2.45) is 5.92 Å². The number of amides is 1. The smallest absolute Gasteiger partial charge is 0.267 e. The molecule has 29 heavy (non-hydrogen) atoms. The molecule has 2 heterocycles. The van der Waals surface area contributed by atoms with Gasteiger partial charge >= 0.3 is 0 Å². The average molecular weight is 399 g/mol. The first-order valence-electron chi connectivity index (χ1n) is 9.44. The Kier molecular flexibility index (Phi) is 5.55. The second-order valence-electron chi connectivity index (χ2n) is 7.07. The van der Waals surface area contributed by atoms with E-state index >= 15 is 0 Å². The van der Waals surface area contributed by atoms with Gasteiger partial charge in [0.25, 0.3) is 11.8 Å². The number of rotatable bonds is 5. The number of benzene rings is 1. The number of carbonyl (C=O) groups excluding carboxylic acids is 1. The highest BCUT2D eigenvalue weighted by Crippen LogP contribution is 2.35. The molecule has 150 valence electrons. The second kappa shape index (κ2) is 8.42. The van der Waals surface area contributed by atoms with Crippen LogP contribution in [-0.2, 0) is 0 Å². The zero-order valence-electron chi connectivity index (χ0n) is 15.5. The third-order valence-corrected chi connectivity index (χ3v) is 5.17. The fourth-order valence-corrected chi connectivity index (χ4v) is 3.54. The Morgan fingerprint density at radius 3 is 2.72 bits per heavy atom. The average Bonchev–Trinajstić information content (AvgIpc) is 3.25. The van der Waals surface area contributed by atoms with Crippen molar-refractivity contribution in [2.75, 3.05) is 6.54 Å². The van der Waals surface area contributed by atoms with Crippen LogP contribution in [0.15, 0.2) is 41.2 Å². The molecule has 4 rings (SSSR count). The predicted octanol–water partition coefficient (Wildman–Crippen LogP) is 3.51. The molecule has 9 heteroatoms.